The minimum Gasteiger partial charge on any atom is -0.376 e. The van der Waals surface area contributed by atoms with Crippen molar-refractivity contribution in [3.8, 4) is 17.2 Å². The first-order valence-electron chi connectivity index (χ1n) is 23.3. The minimum absolute atomic E-state index is 0.0185. The minimum atomic E-state index is -3.23. The number of carbonyl (C=O) groups is 1. The molecule has 18 heteroatoms. The Bertz CT molecular complexity index is 3440. The first kappa shape index (κ1) is 44.1. The highest BCUT2D eigenvalue weighted by Crippen LogP contribution is 2.56. The molecule has 2 aliphatic heterocycles. The predicted molar refractivity (Wildman–Crippen MR) is 250 cm³/mol. The molecule has 11 rings (SSSR count). The number of hydrogen-bond donors (Lipinski definition) is 2. The molecule has 4 aromatic heterocycles. The number of carbonyl (C=O) groups excluding carboxylic acids is 1. The van der Waals surface area contributed by atoms with Crippen LogP contribution in [0.15, 0.2) is 86.0 Å². The normalized spacial score (nSPS) is 23.4. The summed E-state index contributed by atoms with van der Waals surface area (Å²) in [5.74, 6) is -1.28. The van der Waals surface area contributed by atoms with Crippen LogP contribution < -0.4 is 11.4 Å². The molecule has 6 heterocycles. The number of halogens is 2. The van der Waals surface area contributed by atoms with Crippen molar-refractivity contribution < 1.29 is 27.0 Å². The molecule has 1 saturated heterocycles. The van der Waals surface area contributed by atoms with Crippen LogP contribution in [0.5, 0.6) is 0 Å². The molecule has 15 nitrogen and oxygen atoms in total. The summed E-state index contributed by atoms with van der Waals surface area (Å²) in [5, 5.41) is 9.75. The van der Waals surface area contributed by atoms with Gasteiger partial charge < -0.3 is 14.2 Å². The molecule has 68 heavy (non-hydrogen) atoms. The highest BCUT2D eigenvalue weighted by molar-refractivity contribution is 7.93. The van der Waals surface area contributed by atoms with Gasteiger partial charge in [-0.2, -0.15) is 5.10 Å². The van der Waals surface area contributed by atoms with Gasteiger partial charge in [0.2, 0.25) is 0 Å². The van der Waals surface area contributed by atoms with Crippen LogP contribution in [0.25, 0.3) is 28.1 Å². The molecule has 3 aromatic carbocycles. The van der Waals surface area contributed by atoms with Crippen molar-refractivity contribution in [2.75, 3.05) is 13.2 Å². The largest absolute Gasteiger partial charge is 0.438 e. The monoisotopic (exact) mass is 945 g/mol. The molecule has 1 amide bonds. The Morgan fingerprint density at radius 3 is 2.34 bits per heavy atom. The Morgan fingerprint density at radius 1 is 0.956 bits per heavy atom. The van der Waals surface area contributed by atoms with Gasteiger partial charge in [-0.3, -0.25) is 23.4 Å². The van der Waals surface area contributed by atoms with E-state index in [1.165, 1.54) is 29.1 Å². The summed E-state index contributed by atoms with van der Waals surface area (Å²) in [6, 6.07) is 14.8. The fourth-order valence-corrected chi connectivity index (χ4v) is 13.1. The molecule has 0 spiro atoms. The summed E-state index contributed by atoms with van der Waals surface area (Å²) in [6.07, 6.45) is 7.72. The van der Waals surface area contributed by atoms with Crippen LogP contribution in [0, 0.1) is 36.2 Å². The van der Waals surface area contributed by atoms with E-state index < -0.39 is 38.6 Å². The average Bonchev–Trinajstić information content (AvgIpc) is 3.76. The van der Waals surface area contributed by atoms with E-state index in [0.29, 0.717) is 77.7 Å². The van der Waals surface area contributed by atoms with E-state index in [1.807, 2.05) is 24.5 Å². The molecular weight excluding hydrogens is 893 g/mol. The maximum Gasteiger partial charge on any atom is 0.438 e. The van der Waals surface area contributed by atoms with E-state index in [1.54, 1.807) is 35.6 Å². The summed E-state index contributed by atoms with van der Waals surface area (Å²) in [5.41, 5.74) is 2.90. The number of nitrogens with one attached hydrogen (secondary N) is 2. The molecule has 0 radical (unpaired) electrons. The lowest BCUT2D eigenvalue weighted by atomic mass is 9.83. The van der Waals surface area contributed by atoms with Gasteiger partial charge in [0.15, 0.2) is 5.82 Å². The van der Waals surface area contributed by atoms with Crippen molar-refractivity contribution in [3.63, 3.8) is 0 Å². The highest BCUT2D eigenvalue weighted by Gasteiger charge is 2.59. The van der Waals surface area contributed by atoms with Gasteiger partial charge in [-0.1, -0.05) is 24.6 Å². The zero-order valence-electron chi connectivity index (χ0n) is 38.8. The van der Waals surface area contributed by atoms with Crippen LogP contribution in [-0.4, -0.2) is 72.6 Å². The van der Waals surface area contributed by atoms with Crippen molar-refractivity contribution >= 4 is 26.5 Å². The van der Waals surface area contributed by atoms with E-state index in [2.05, 4.69) is 42.2 Å². The summed E-state index contributed by atoms with van der Waals surface area (Å²) >= 11 is 0. The molecule has 2 N–H and O–H groups in total. The topological polar surface area (TPSA) is 179 Å². The molecule has 7 aromatic rings. The standard InChI is InChI=1S/C50H53F2N9O6S/c1-27-20-34(21-28(2)43(27)52)61-44(59-18-17-58(48(59)64)40-13-11-36(24-37(40)51)68(53,65)35-8-7-9-35)42-30(4)57(16-14-38(42)55-61)45(62)41-23-33-22-31(32-15-19-66-49(5,6)26-32)10-12-39(33)60(41)50(25-29(50)3)46-54-47(63)67-56-46/h10-13,17-18,20-24,29-30,32,35,53H,7-9,14-16,19,25-26H2,1-6H3,(H,54,56,63)/t29-,30-,32-,50-,68?/m0/s1. The van der Waals surface area contributed by atoms with E-state index in [-0.39, 0.29) is 51.5 Å². The third-order valence-corrected chi connectivity index (χ3v) is 17.5. The number of benzene rings is 3. The summed E-state index contributed by atoms with van der Waals surface area (Å²) in [4.78, 5) is 47.4. The van der Waals surface area contributed by atoms with Crippen LogP contribution in [0.1, 0.15) is 122 Å². The second-order valence-electron chi connectivity index (χ2n) is 20.0. The smallest absolute Gasteiger partial charge is 0.376 e. The van der Waals surface area contributed by atoms with Crippen LogP contribution >= 0.6 is 0 Å². The number of amides is 1. The first-order valence-corrected chi connectivity index (χ1v) is 24.9. The van der Waals surface area contributed by atoms with Gasteiger partial charge in [-0.25, -0.2) is 32.0 Å². The number of nitrogens with zero attached hydrogens (tertiary/aromatic N) is 7. The van der Waals surface area contributed by atoms with Gasteiger partial charge in [0.05, 0.1) is 43.3 Å². The zero-order valence-corrected chi connectivity index (χ0v) is 39.6. The maximum atomic E-state index is 16.1. The van der Waals surface area contributed by atoms with Gasteiger partial charge in [0, 0.05) is 53.7 Å². The number of hydrogen-bond acceptors (Lipinski definition) is 9. The highest BCUT2D eigenvalue weighted by atomic mass is 32.2. The lowest BCUT2D eigenvalue weighted by Crippen LogP contribution is -2.41. The third kappa shape index (κ3) is 6.79. The SMILES string of the molecule is Cc1cc(-n2nc3c(c2-n2ccn(-c4ccc(S(=N)(=O)C5CCC5)cc4F)c2=O)[C@H](C)N(C(=O)c2cc4cc([C@H]5CCOC(C)(C)C5)ccc4n2[C@@]2(c4noc(=O)[nH]4)C[C@@H]2C)CC3)cc(C)c1F. The molecule has 5 atom stereocenters. The van der Waals surface area contributed by atoms with Crippen LogP contribution in [0.3, 0.4) is 0 Å². The summed E-state index contributed by atoms with van der Waals surface area (Å²) in [7, 11) is -3.23. The number of aromatic nitrogens is 7. The Balaban J connectivity index is 1.04. The molecule has 3 fully saturated rings. The number of aromatic amines is 1. The quantitative estimate of drug-likeness (QED) is 0.145. The van der Waals surface area contributed by atoms with Crippen LogP contribution in [0.2, 0.25) is 0 Å². The maximum absolute atomic E-state index is 16.1. The van der Waals surface area contributed by atoms with Crippen molar-refractivity contribution in [2.24, 2.45) is 5.92 Å². The Labute approximate surface area is 390 Å². The fourth-order valence-electron chi connectivity index (χ4n) is 11.2. The first-order chi connectivity index (χ1) is 32.4. The number of imidazole rings is 1. The predicted octanol–water partition coefficient (Wildman–Crippen LogP) is 8.51. The van der Waals surface area contributed by atoms with Gasteiger partial charge >= 0.3 is 11.4 Å². The number of aryl methyl sites for hydroxylation is 2. The van der Waals surface area contributed by atoms with Crippen molar-refractivity contribution in [3.05, 3.63) is 139 Å². The molecule has 0 bridgehead atoms. The van der Waals surface area contributed by atoms with E-state index in [9.17, 15) is 13.8 Å². The molecule has 4 aliphatic rings. The van der Waals surface area contributed by atoms with Crippen molar-refractivity contribution in [2.45, 2.75) is 120 Å². The molecular formula is C50H53F2N9O6S. The zero-order chi connectivity index (χ0) is 47.8. The van der Waals surface area contributed by atoms with E-state index in [4.69, 9.17) is 19.1 Å². The molecule has 2 aliphatic carbocycles. The second-order valence-corrected chi connectivity index (χ2v) is 22.3. The van der Waals surface area contributed by atoms with Crippen LogP contribution in [0.4, 0.5) is 8.78 Å². The average molecular weight is 946 g/mol. The second kappa shape index (κ2) is 15.6. The Morgan fingerprint density at radius 2 is 1.69 bits per heavy atom. The number of ether oxygens (including phenoxy) is 1. The number of rotatable bonds is 9. The lowest BCUT2D eigenvalue weighted by molar-refractivity contribution is -0.0592. The Hall–Kier alpha value is -6.40. The molecule has 354 valence electrons. The number of fused-ring (bicyclic) bond motifs is 2. The fraction of sp³-hybridized carbons (Fsp3) is 0.420. The lowest BCUT2D eigenvalue weighted by Gasteiger charge is -2.35. The van der Waals surface area contributed by atoms with Gasteiger partial charge in [0.25, 0.3) is 5.91 Å². The molecule has 2 saturated carbocycles. The van der Waals surface area contributed by atoms with Gasteiger partial charge in [-0.05, 0) is 144 Å². The Kier molecular flexibility index (Phi) is 10.1. The van der Waals surface area contributed by atoms with Gasteiger partial charge in [0.1, 0.15) is 28.7 Å². The van der Waals surface area contributed by atoms with E-state index in [0.717, 1.165) is 46.4 Å². The summed E-state index contributed by atoms with van der Waals surface area (Å²) in [6.45, 7) is 12.4. The van der Waals surface area contributed by atoms with Crippen molar-refractivity contribution in [1.29, 1.82) is 4.78 Å². The molecule has 1 unspecified atom stereocenters. The van der Waals surface area contributed by atoms with E-state index >= 15 is 13.6 Å². The number of H-pyrrole nitrogens is 1. The van der Waals surface area contributed by atoms with Gasteiger partial charge in [-0.15, -0.1) is 0 Å². The van der Waals surface area contributed by atoms with Crippen LogP contribution in [-0.2, 0) is 26.4 Å². The van der Waals surface area contributed by atoms with Crippen molar-refractivity contribution in [1.82, 2.24) is 38.5 Å². The third-order valence-electron chi connectivity index (χ3n) is 15.2. The summed E-state index contributed by atoms with van der Waals surface area (Å²) < 4.78 is 70.4.